The topological polar surface area (TPSA) is 41.1 Å². The molecule has 1 aliphatic heterocycles. The second kappa shape index (κ2) is 6.69. The number of nitrogens with one attached hydrogen (secondary N) is 1. The van der Waals surface area contributed by atoms with Crippen molar-refractivity contribution in [2.45, 2.75) is 30.3 Å². The highest BCUT2D eigenvalue weighted by Crippen LogP contribution is 2.42. The zero-order valence-electron chi connectivity index (χ0n) is 13.6. The number of aromatic nitrogens is 2. The van der Waals surface area contributed by atoms with Gasteiger partial charge in [0.15, 0.2) is 11.3 Å². The number of para-hydroxylation sites is 3. The second-order valence-electron chi connectivity index (χ2n) is 5.87. The van der Waals surface area contributed by atoms with Crippen molar-refractivity contribution in [1.82, 2.24) is 9.97 Å². The third-order valence-corrected chi connectivity index (χ3v) is 5.21. The van der Waals surface area contributed by atoms with Gasteiger partial charge in [0.05, 0.1) is 11.0 Å². The van der Waals surface area contributed by atoms with Gasteiger partial charge in [-0.05, 0) is 30.7 Å². The first-order valence-corrected chi connectivity index (χ1v) is 9.25. The van der Waals surface area contributed by atoms with Crippen LogP contribution in [0.1, 0.15) is 19.8 Å². The summed E-state index contributed by atoms with van der Waals surface area (Å²) in [5, 5.41) is 4.62. The van der Waals surface area contributed by atoms with Crippen molar-refractivity contribution in [3.05, 3.63) is 54.6 Å². The van der Waals surface area contributed by atoms with Gasteiger partial charge >= 0.3 is 0 Å². The summed E-state index contributed by atoms with van der Waals surface area (Å²) in [6, 6.07) is 18.4. The highest BCUT2D eigenvalue weighted by molar-refractivity contribution is 8.00. The average Bonchev–Trinajstić information content (AvgIpc) is 2.94. The Labute approximate surface area is 146 Å². The minimum Gasteiger partial charge on any atom is -0.356 e. The summed E-state index contributed by atoms with van der Waals surface area (Å²) in [5.74, 6) is 1.00. The predicted octanol–water partition coefficient (Wildman–Crippen LogP) is 4.74. The Balaban J connectivity index is 1.68. The molecule has 4 nitrogen and oxygen atoms in total. The first-order valence-electron chi connectivity index (χ1n) is 8.37. The summed E-state index contributed by atoms with van der Waals surface area (Å²) >= 11 is 1.75. The van der Waals surface area contributed by atoms with Crippen molar-refractivity contribution in [3.8, 4) is 0 Å². The van der Waals surface area contributed by atoms with E-state index in [4.69, 9.17) is 9.97 Å². The lowest BCUT2D eigenvalue weighted by Gasteiger charge is -2.26. The van der Waals surface area contributed by atoms with Crippen LogP contribution in [0.2, 0.25) is 0 Å². The monoisotopic (exact) mass is 336 g/mol. The van der Waals surface area contributed by atoms with Gasteiger partial charge in [-0.25, -0.2) is 9.97 Å². The predicted molar refractivity (Wildman–Crippen MR) is 102 cm³/mol. The number of nitrogens with zero attached hydrogens (tertiary/aromatic N) is 3. The van der Waals surface area contributed by atoms with Crippen LogP contribution in [0.15, 0.2) is 59.6 Å². The van der Waals surface area contributed by atoms with Gasteiger partial charge in [-0.1, -0.05) is 55.4 Å². The molecule has 1 aromatic heterocycles. The number of unbranched alkanes of at least 4 members (excludes halogenated alkanes) is 1. The quantitative estimate of drug-likeness (QED) is 0.729. The van der Waals surface area contributed by atoms with Gasteiger partial charge in [-0.2, -0.15) is 0 Å². The first kappa shape index (κ1) is 15.3. The minimum absolute atomic E-state index is 0.130. The van der Waals surface area contributed by atoms with Crippen LogP contribution in [0.4, 0.5) is 11.5 Å². The van der Waals surface area contributed by atoms with Crippen LogP contribution < -0.4 is 10.2 Å². The molecule has 0 aliphatic carbocycles. The molecule has 0 radical (unpaired) electrons. The number of fused-ring (bicyclic) bond motifs is 2. The summed E-state index contributed by atoms with van der Waals surface area (Å²) in [7, 11) is 0. The molecule has 24 heavy (non-hydrogen) atoms. The molecular formula is C19H20N4S. The van der Waals surface area contributed by atoms with Crippen molar-refractivity contribution < 1.29 is 0 Å². The maximum absolute atomic E-state index is 4.88. The zero-order valence-corrected chi connectivity index (χ0v) is 14.5. The smallest absolute Gasteiger partial charge is 0.164 e. The van der Waals surface area contributed by atoms with Gasteiger partial charge in [0, 0.05) is 12.2 Å². The number of benzene rings is 2. The Bertz CT molecular complexity index is 837. The molecule has 2 aromatic carbocycles. The molecule has 4 rings (SSSR count). The molecule has 122 valence electrons. The largest absolute Gasteiger partial charge is 0.356 e. The molecule has 0 saturated heterocycles. The Morgan fingerprint density at radius 2 is 1.71 bits per heavy atom. The number of anilines is 2. The first-order chi connectivity index (χ1) is 11.8. The summed E-state index contributed by atoms with van der Waals surface area (Å²) in [4.78, 5) is 12.1. The van der Waals surface area contributed by atoms with Crippen molar-refractivity contribution in [1.29, 1.82) is 0 Å². The fourth-order valence-corrected chi connectivity index (χ4v) is 4.02. The van der Waals surface area contributed by atoms with Crippen LogP contribution in [0.3, 0.4) is 0 Å². The van der Waals surface area contributed by atoms with Crippen molar-refractivity contribution in [3.63, 3.8) is 0 Å². The molecule has 5 heteroatoms. The van der Waals surface area contributed by atoms with E-state index >= 15 is 0 Å². The van der Waals surface area contributed by atoms with Crippen molar-refractivity contribution in [2.24, 2.45) is 0 Å². The lowest BCUT2D eigenvalue weighted by Crippen LogP contribution is -2.36. The lowest BCUT2D eigenvalue weighted by atomic mass is 10.3. The molecule has 0 bridgehead atoms. The highest BCUT2D eigenvalue weighted by atomic mass is 32.2. The normalized spacial score (nSPS) is 16.4. The second-order valence-corrected chi connectivity index (χ2v) is 6.94. The summed E-state index contributed by atoms with van der Waals surface area (Å²) in [6.45, 7) is 3.20. The van der Waals surface area contributed by atoms with E-state index < -0.39 is 0 Å². The van der Waals surface area contributed by atoms with E-state index in [9.17, 15) is 0 Å². The third kappa shape index (κ3) is 2.91. The van der Waals surface area contributed by atoms with E-state index in [1.807, 2.05) is 30.3 Å². The van der Waals surface area contributed by atoms with Gasteiger partial charge in [0.1, 0.15) is 5.03 Å². The molecule has 1 atom stereocenters. The molecule has 0 amide bonds. The number of hydrogen-bond donors (Lipinski definition) is 1. The lowest BCUT2D eigenvalue weighted by molar-refractivity contribution is 0.713. The van der Waals surface area contributed by atoms with Gasteiger partial charge in [0.2, 0.25) is 0 Å². The SMILES string of the molecule is CCCCN1c2nc3ccccc3nc2SC1Nc1ccccc1. The Hall–Kier alpha value is -2.27. The third-order valence-electron chi connectivity index (χ3n) is 4.12. The summed E-state index contributed by atoms with van der Waals surface area (Å²) in [6.07, 6.45) is 2.30. The number of rotatable bonds is 5. The standard InChI is InChI=1S/C19H20N4S/c1-2-3-13-23-17-18(22-16-12-8-7-11-15(16)21-17)24-19(23)20-14-9-5-4-6-10-14/h4-12,19-20H,2-3,13H2,1H3. The van der Waals surface area contributed by atoms with E-state index in [0.717, 1.165) is 47.0 Å². The Morgan fingerprint density at radius 3 is 2.46 bits per heavy atom. The van der Waals surface area contributed by atoms with Gasteiger partial charge in [-0.3, -0.25) is 0 Å². The zero-order chi connectivity index (χ0) is 16.4. The molecule has 1 N–H and O–H groups in total. The van der Waals surface area contributed by atoms with Crippen LogP contribution in [0, 0.1) is 0 Å². The Kier molecular flexibility index (Phi) is 4.26. The number of thioether (sulfide) groups is 1. The molecule has 1 unspecified atom stereocenters. The molecule has 0 spiro atoms. The fraction of sp³-hybridized carbons (Fsp3) is 0.263. The Morgan fingerprint density at radius 1 is 1.00 bits per heavy atom. The molecule has 1 aliphatic rings. The van der Waals surface area contributed by atoms with E-state index in [1.165, 1.54) is 0 Å². The van der Waals surface area contributed by atoms with Crippen LogP contribution >= 0.6 is 11.8 Å². The molecular weight excluding hydrogens is 316 g/mol. The van der Waals surface area contributed by atoms with E-state index in [1.54, 1.807) is 11.8 Å². The van der Waals surface area contributed by atoms with Gasteiger partial charge < -0.3 is 10.2 Å². The van der Waals surface area contributed by atoms with Crippen LogP contribution in [-0.2, 0) is 0 Å². The molecule has 3 aromatic rings. The maximum atomic E-state index is 4.88. The van der Waals surface area contributed by atoms with Crippen LogP contribution in [-0.4, -0.2) is 22.0 Å². The number of hydrogen-bond acceptors (Lipinski definition) is 5. The van der Waals surface area contributed by atoms with Crippen molar-refractivity contribution >= 4 is 34.3 Å². The van der Waals surface area contributed by atoms with E-state index in [0.29, 0.717) is 0 Å². The average molecular weight is 336 g/mol. The summed E-state index contributed by atoms with van der Waals surface area (Å²) < 4.78 is 0. The van der Waals surface area contributed by atoms with Crippen molar-refractivity contribution in [2.75, 3.05) is 16.8 Å². The van der Waals surface area contributed by atoms with Crippen LogP contribution in [0.25, 0.3) is 11.0 Å². The highest BCUT2D eigenvalue weighted by Gasteiger charge is 2.32. The summed E-state index contributed by atoms with van der Waals surface area (Å²) in [5.41, 5.74) is 3.16. The molecule has 0 saturated carbocycles. The van der Waals surface area contributed by atoms with Crippen LogP contribution in [0.5, 0.6) is 0 Å². The fourth-order valence-electron chi connectivity index (χ4n) is 2.86. The molecule has 0 fully saturated rings. The maximum Gasteiger partial charge on any atom is 0.164 e. The van der Waals surface area contributed by atoms with Gasteiger partial charge in [0.25, 0.3) is 0 Å². The molecule has 2 heterocycles. The van der Waals surface area contributed by atoms with E-state index in [2.05, 4.69) is 41.4 Å². The minimum atomic E-state index is 0.130. The van der Waals surface area contributed by atoms with Gasteiger partial charge in [-0.15, -0.1) is 0 Å². The van der Waals surface area contributed by atoms with E-state index in [-0.39, 0.29) is 5.50 Å².